The van der Waals surface area contributed by atoms with E-state index in [0.29, 0.717) is 64.0 Å². The van der Waals surface area contributed by atoms with E-state index in [9.17, 15) is 29.8 Å². The van der Waals surface area contributed by atoms with Crippen LogP contribution in [0.15, 0.2) is 36.4 Å². The van der Waals surface area contributed by atoms with Crippen LogP contribution in [0.4, 0.5) is 22.7 Å². The standard InChI is InChI=1S/C11H13N3O4.C11H12N2O5/c12-11(15)8-5-9(7-10(6-8)14(16)17)13-1-3-18-4-2-13;14-11(15)8-5-9(7-10(6-8)13(16)17)12-1-3-18-4-2-12/h5-7H,1-4H2,(H2,12,15);5-7H,1-4H2,(H,14,15). The normalized spacial score (nSPS) is 15.4. The second-order valence-corrected chi connectivity index (χ2v) is 7.86. The molecule has 2 saturated heterocycles. The molecule has 0 bridgehead atoms. The summed E-state index contributed by atoms with van der Waals surface area (Å²) in [6.45, 7) is 4.67. The van der Waals surface area contributed by atoms with Gasteiger partial charge in [0, 0.05) is 67.4 Å². The lowest BCUT2D eigenvalue weighted by Crippen LogP contribution is -2.36. The number of hydrogen-bond acceptors (Lipinski definition) is 10. The molecule has 0 unspecified atom stereocenters. The molecule has 2 heterocycles. The number of nitro groups is 2. The predicted molar refractivity (Wildman–Crippen MR) is 128 cm³/mol. The summed E-state index contributed by atoms with van der Waals surface area (Å²) >= 11 is 0. The van der Waals surface area contributed by atoms with E-state index in [1.165, 1.54) is 24.3 Å². The molecule has 192 valence electrons. The van der Waals surface area contributed by atoms with Crippen molar-refractivity contribution in [2.75, 3.05) is 62.4 Å². The molecule has 1 amide bonds. The van der Waals surface area contributed by atoms with E-state index < -0.39 is 21.7 Å². The average Bonchev–Trinajstić information content (AvgIpc) is 2.89. The Hall–Kier alpha value is -4.30. The summed E-state index contributed by atoms with van der Waals surface area (Å²) in [6.07, 6.45) is 0. The molecule has 2 fully saturated rings. The van der Waals surface area contributed by atoms with Crippen LogP contribution in [-0.4, -0.2) is 79.4 Å². The number of benzene rings is 2. The molecule has 0 radical (unpaired) electrons. The molecule has 0 aromatic heterocycles. The fourth-order valence-electron chi connectivity index (χ4n) is 3.68. The Kier molecular flexibility index (Phi) is 8.70. The van der Waals surface area contributed by atoms with Crippen molar-refractivity contribution in [3.05, 3.63) is 67.8 Å². The van der Waals surface area contributed by atoms with Gasteiger partial charge >= 0.3 is 5.97 Å². The number of aromatic carboxylic acids is 1. The van der Waals surface area contributed by atoms with Crippen LogP contribution in [0.2, 0.25) is 0 Å². The van der Waals surface area contributed by atoms with E-state index >= 15 is 0 Å². The Morgan fingerprint density at radius 3 is 1.50 bits per heavy atom. The summed E-state index contributed by atoms with van der Waals surface area (Å²) in [5.74, 6) is -1.85. The molecule has 4 rings (SSSR count). The maximum Gasteiger partial charge on any atom is 0.336 e. The van der Waals surface area contributed by atoms with Crippen LogP contribution in [0.3, 0.4) is 0 Å². The topological polar surface area (TPSA) is 192 Å². The summed E-state index contributed by atoms with van der Waals surface area (Å²) in [7, 11) is 0. The number of carboxylic acids is 1. The Morgan fingerprint density at radius 1 is 0.750 bits per heavy atom. The number of carboxylic acid groups (broad SMARTS) is 1. The third-order valence-electron chi connectivity index (χ3n) is 5.51. The number of amides is 1. The molecule has 0 atom stereocenters. The van der Waals surface area contributed by atoms with Crippen molar-refractivity contribution in [1.82, 2.24) is 0 Å². The molecular weight excluding hydrogens is 478 g/mol. The molecule has 3 N–H and O–H groups in total. The molecular formula is C22H25N5O9. The summed E-state index contributed by atoms with van der Waals surface area (Å²) in [4.78, 5) is 46.4. The van der Waals surface area contributed by atoms with Gasteiger partial charge in [0.1, 0.15) is 0 Å². The number of anilines is 2. The molecule has 2 aromatic rings. The summed E-state index contributed by atoms with van der Waals surface area (Å²) < 4.78 is 10.4. The zero-order valence-corrected chi connectivity index (χ0v) is 19.2. The molecule has 0 aliphatic carbocycles. The van der Waals surface area contributed by atoms with E-state index in [1.54, 1.807) is 6.07 Å². The van der Waals surface area contributed by atoms with Gasteiger partial charge in [-0.1, -0.05) is 0 Å². The minimum absolute atomic E-state index is 0.0781. The lowest BCUT2D eigenvalue weighted by Gasteiger charge is -2.28. The van der Waals surface area contributed by atoms with Crippen molar-refractivity contribution in [3.63, 3.8) is 0 Å². The monoisotopic (exact) mass is 503 g/mol. The van der Waals surface area contributed by atoms with Crippen molar-refractivity contribution >= 4 is 34.6 Å². The van der Waals surface area contributed by atoms with E-state index in [-0.39, 0.29) is 22.5 Å². The van der Waals surface area contributed by atoms with Gasteiger partial charge in [-0.3, -0.25) is 25.0 Å². The number of ether oxygens (including phenoxy) is 2. The summed E-state index contributed by atoms with van der Waals surface area (Å²) in [6, 6.07) is 8.09. The molecule has 14 heteroatoms. The van der Waals surface area contributed by atoms with Gasteiger partial charge in [-0.25, -0.2) is 4.79 Å². The second kappa shape index (κ2) is 11.9. The van der Waals surface area contributed by atoms with Crippen molar-refractivity contribution in [3.8, 4) is 0 Å². The van der Waals surface area contributed by atoms with Gasteiger partial charge in [0.2, 0.25) is 5.91 Å². The molecule has 14 nitrogen and oxygen atoms in total. The Labute approximate surface area is 205 Å². The largest absolute Gasteiger partial charge is 0.478 e. The number of carbonyl (C=O) groups is 2. The van der Waals surface area contributed by atoms with Crippen LogP contribution in [0.25, 0.3) is 0 Å². The maximum atomic E-state index is 11.2. The highest BCUT2D eigenvalue weighted by Crippen LogP contribution is 2.26. The number of nitro benzene ring substituents is 2. The SMILES string of the molecule is NC(=O)c1cc(N2CCOCC2)cc([N+](=O)[O-])c1.O=C(O)c1cc(N2CCOCC2)cc([N+](=O)[O-])c1. The highest BCUT2D eigenvalue weighted by atomic mass is 16.6. The molecule has 0 saturated carbocycles. The lowest BCUT2D eigenvalue weighted by atomic mass is 10.1. The zero-order valence-electron chi connectivity index (χ0n) is 19.2. The minimum Gasteiger partial charge on any atom is -0.478 e. The van der Waals surface area contributed by atoms with E-state index in [0.717, 1.165) is 6.07 Å². The quantitative estimate of drug-likeness (QED) is 0.430. The number of morpholine rings is 2. The van der Waals surface area contributed by atoms with Crippen molar-refractivity contribution < 1.29 is 34.0 Å². The number of nitrogens with zero attached hydrogens (tertiary/aromatic N) is 4. The summed E-state index contributed by atoms with van der Waals surface area (Å²) in [5, 5.41) is 30.5. The average molecular weight is 503 g/mol. The van der Waals surface area contributed by atoms with Gasteiger partial charge in [0.05, 0.1) is 41.8 Å². The lowest BCUT2D eigenvalue weighted by molar-refractivity contribution is -0.385. The van der Waals surface area contributed by atoms with Gasteiger partial charge in [-0.15, -0.1) is 0 Å². The summed E-state index contributed by atoms with van der Waals surface area (Å²) in [5.41, 5.74) is 6.07. The van der Waals surface area contributed by atoms with Crippen LogP contribution < -0.4 is 15.5 Å². The molecule has 2 aliphatic rings. The molecule has 2 aliphatic heterocycles. The second-order valence-electron chi connectivity index (χ2n) is 7.86. The Balaban J connectivity index is 0.000000201. The van der Waals surface area contributed by atoms with Crippen LogP contribution in [-0.2, 0) is 9.47 Å². The third kappa shape index (κ3) is 6.86. The third-order valence-corrected chi connectivity index (χ3v) is 5.51. The van der Waals surface area contributed by atoms with Gasteiger partial charge < -0.3 is 30.1 Å². The number of nitrogens with two attached hydrogens (primary N) is 1. The molecule has 36 heavy (non-hydrogen) atoms. The van der Waals surface area contributed by atoms with Crippen molar-refractivity contribution in [2.24, 2.45) is 5.73 Å². The van der Waals surface area contributed by atoms with Crippen LogP contribution in [0, 0.1) is 20.2 Å². The Bertz CT molecular complexity index is 991. The molecule has 0 spiro atoms. The zero-order chi connectivity index (χ0) is 26.2. The van der Waals surface area contributed by atoms with Crippen LogP contribution >= 0.6 is 0 Å². The number of primary amides is 1. The van der Waals surface area contributed by atoms with Crippen LogP contribution in [0.1, 0.15) is 20.7 Å². The number of hydrogen-bond donors (Lipinski definition) is 2. The first-order valence-electron chi connectivity index (χ1n) is 10.9. The predicted octanol–water partition coefficient (Wildman–Crippen LogP) is 1.66. The van der Waals surface area contributed by atoms with E-state index in [4.69, 9.17) is 20.3 Å². The van der Waals surface area contributed by atoms with Crippen LogP contribution in [0.5, 0.6) is 0 Å². The fraction of sp³-hybridized carbons (Fsp3) is 0.364. The smallest absolute Gasteiger partial charge is 0.336 e. The number of non-ortho nitro benzene ring substituents is 2. The van der Waals surface area contributed by atoms with Gasteiger partial charge in [0.25, 0.3) is 11.4 Å². The molecule has 2 aromatic carbocycles. The number of carbonyl (C=O) groups excluding carboxylic acids is 1. The van der Waals surface area contributed by atoms with Gasteiger partial charge in [-0.2, -0.15) is 0 Å². The van der Waals surface area contributed by atoms with Crippen molar-refractivity contribution in [1.29, 1.82) is 0 Å². The van der Waals surface area contributed by atoms with Gasteiger partial charge in [-0.05, 0) is 12.1 Å². The first-order chi connectivity index (χ1) is 17.2. The highest BCUT2D eigenvalue weighted by Gasteiger charge is 2.19. The highest BCUT2D eigenvalue weighted by molar-refractivity contribution is 5.94. The fourth-order valence-corrected chi connectivity index (χ4v) is 3.68. The number of rotatable bonds is 6. The Morgan fingerprint density at radius 2 is 1.14 bits per heavy atom. The first-order valence-corrected chi connectivity index (χ1v) is 10.9. The van der Waals surface area contributed by atoms with Gasteiger partial charge in [0.15, 0.2) is 0 Å². The van der Waals surface area contributed by atoms with E-state index in [1.807, 2.05) is 9.80 Å². The minimum atomic E-state index is -1.17. The van der Waals surface area contributed by atoms with Crippen molar-refractivity contribution in [2.45, 2.75) is 0 Å². The van der Waals surface area contributed by atoms with E-state index in [2.05, 4.69) is 0 Å². The first kappa shape index (κ1) is 26.3. The maximum absolute atomic E-state index is 11.2.